The number of nitrogens with one attached hydrogen (secondary N) is 1. The first-order valence-corrected chi connectivity index (χ1v) is 11.1. The van der Waals surface area contributed by atoms with Crippen LogP contribution in [0, 0.1) is 19.7 Å². The van der Waals surface area contributed by atoms with E-state index in [-0.39, 0.29) is 24.5 Å². The van der Waals surface area contributed by atoms with Crippen LogP contribution >= 0.6 is 11.3 Å². The Labute approximate surface area is 184 Å². The van der Waals surface area contributed by atoms with E-state index in [1.807, 2.05) is 24.8 Å². The number of halogens is 1. The zero-order chi connectivity index (χ0) is 22.1. The fraction of sp³-hybridized carbons (Fsp3) is 0.409. The van der Waals surface area contributed by atoms with E-state index in [4.69, 9.17) is 5.11 Å². The molecule has 3 heterocycles. The Bertz CT molecular complexity index is 1080. The molecule has 0 radical (unpaired) electrons. The van der Waals surface area contributed by atoms with E-state index in [2.05, 4.69) is 28.3 Å². The van der Waals surface area contributed by atoms with Crippen molar-refractivity contribution in [3.63, 3.8) is 0 Å². The quantitative estimate of drug-likeness (QED) is 0.642. The molecule has 164 valence electrons. The summed E-state index contributed by atoms with van der Waals surface area (Å²) in [5.74, 6) is -0.123. The summed E-state index contributed by atoms with van der Waals surface area (Å²) in [5.41, 5.74) is 3.91. The van der Waals surface area contributed by atoms with Gasteiger partial charge < -0.3 is 14.9 Å². The predicted octanol–water partition coefficient (Wildman–Crippen LogP) is 3.72. The first-order chi connectivity index (χ1) is 14.9. The van der Waals surface area contributed by atoms with Gasteiger partial charge in [-0.05, 0) is 62.1 Å². The minimum atomic E-state index is -0.406. The summed E-state index contributed by atoms with van der Waals surface area (Å²) in [6.45, 7) is 7.43. The number of thiazole rings is 1. The molecule has 1 saturated heterocycles. The summed E-state index contributed by atoms with van der Waals surface area (Å²) in [7, 11) is 0. The number of aliphatic hydroxyl groups is 1. The lowest BCUT2D eigenvalue weighted by molar-refractivity contribution is 0.184. The summed E-state index contributed by atoms with van der Waals surface area (Å²) in [6.07, 6.45) is 1.97. The van der Waals surface area contributed by atoms with Crippen LogP contribution in [0.3, 0.4) is 0 Å². The maximum atomic E-state index is 14.5. The van der Waals surface area contributed by atoms with Gasteiger partial charge in [0, 0.05) is 38.5 Å². The minimum Gasteiger partial charge on any atom is -0.396 e. The van der Waals surface area contributed by atoms with E-state index in [1.165, 1.54) is 28.5 Å². The normalized spacial score (nSPS) is 16.7. The van der Waals surface area contributed by atoms with Gasteiger partial charge in [0.1, 0.15) is 0 Å². The smallest absolute Gasteiger partial charge is 0.324 e. The Morgan fingerprint density at radius 2 is 2.06 bits per heavy atom. The highest BCUT2D eigenvalue weighted by atomic mass is 32.1. The van der Waals surface area contributed by atoms with Gasteiger partial charge in [0.05, 0.1) is 10.2 Å². The summed E-state index contributed by atoms with van der Waals surface area (Å²) in [6, 6.07) is 5.22. The van der Waals surface area contributed by atoms with E-state index in [9.17, 15) is 9.18 Å². The predicted molar refractivity (Wildman–Crippen MR) is 121 cm³/mol. The first kappa shape index (κ1) is 21.5. The highest BCUT2D eigenvalue weighted by molar-refractivity contribution is 7.22. The molecular weight excluding hydrogens is 417 g/mol. The molecule has 0 saturated carbocycles. The third-order valence-corrected chi connectivity index (χ3v) is 6.62. The number of carbonyl (C=O) groups excluding carboxylic acids is 1. The molecule has 1 atom stereocenters. The SMILES string of the molecule is Cc1cc2nc(NC(=O)N3CCN(c4ncc(CCO)cc4F)C[C@H]3C)sc2cc1C. The number of piperazine rings is 1. The molecule has 31 heavy (non-hydrogen) atoms. The number of hydrogen-bond acceptors (Lipinski definition) is 6. The molecule has 9 heteroatoms. The Balaban J connectivity index is 1.42. The zero-order valence-electron chi connectivity index (χ0n) is 17.9. The average molecular weight is 444 g/mol. The Morgan fingerprint density at radius 1 is 1.29 bits per heavy atom. The van der Waals surface area contributed by atoms with E-state index in [0.717, 1.165) is 10.2 Å². The minimum absolute atomic E-state index is 0.0425. The molecule has 7 nitrogen and oxygen atoms in total. The third-order valence-electron chi connectivity index (χ3n) is 5.68. The Morgan fingerprint density at radius 3 is 2.77 bits per heavy atom. The molecule has 4 rings (SSSR count). The number of carbonyl (C=O) groups is 1. The Kier molecular flexibility index (Phi) is 6.06. The lowest BCUT2D eigenvalue weighted by atomic mass is 10.1. The first-order valence-electron chi connectivity index (χ1n) is 10.3. The van der Waals surface area contributed by atoms with E-state index in [1.54, 1.807) is 11.1 Å². The summed E-state index contributed by atoms with van der Waals surface area (Å²) >= 11 is 1.46. The molecule has 0 aliphatic carbocycles. The number of rotatable bonds is 4. The van der Waals surface area contributed by atoms with Crippen LogP contribution in [0.15, 0.2) is 24.4 Å². The van der Waals surface area contributed by atoms with Crippen molar-refractivity contribution in [2.45, 2.75) is 33.2 Å². The van der Waals surface area contributed by atoms with Crippen LogP contribution in [-0.4, -0.2) is 58.3 Å². The number of aromatic nitrogens is 2. The zero-order valence-corrected chi connectivity index (χ0v) is 18.7. The van der Waals surface area contributed by atoms with Crippen molar-refractivity contribution in [3.05, 3.63) is 46.9 Å². The monoisotopic (exact) mass is 443 g/mol. The van der Waals surface area contributed by atoms with Crippen LogP contribution < -0.4 is 10.2 Å². The topological polar surface area (TPSA) is 81.6 Å². The summed E-state index contributed by atoms with van der Waals surface area (Å²) < 4.78 is 15.5. The molecule has 0 spiro atoms. The number of urea groups is 1. The number of fused-ring (bicyclic) bond motifs is 1. The van der Waals surface area contributed by atoms with Gasteiger partial charge >= 0.3 is 6.03 Å². The molecule has 2 N–H and O–H groups in total. The second kappa shape index (κ2) is 8.76. The van der Waals surface area contributed by atoms with Crippen molar-refractivity contribution in [1.82, 2.24) is 14.9 Å². The number of hydrogen-bond donors (Lipinski definition) is 2. The van der Waals surface area contributed by atoms with Gasteiger partial charge in [-0.2, -0.15) is 0 Å². The van der Waals surface area contributed by atoms with Crippen molar-refractivity contribution in [2.75, 3.05) is 36.5 Å². The molecule has 1 aliphatic rings. The third kappa shape index (κ3) is 4.47. The fourth-order valence-electron chi connectivity index (χ4n) is 3.82. The van der Waals surface area contributed by atoms with Crippen LogP contribution in [0.1, 0.15) is 23.6 Å². The molecule has 0 unspecified atom stereocenters. The van der Waals surface area contributed by atoms with Crippen molar-refractivity contribution < 1.29 is 14.3 Å². The molecule has 1 aliphatic heterocycles. The number of amides is 2. The molecular formula is C22H26FN5O2S. The van der Waals surface area contributed by atoms with Gasteiger partial charge in [0.25, 0.3) is 0 Å². The number of benzene rings is 1. The van der Waals surface area contributed by atoms with Gasteiger partial charge in [-0.3, -0.25) is 5.32 Å². The number of pyridine rings is 1. The number of aryl methyl sites for hydroxylation is 2. The summed E-state index contributed by atoms with van der Waals surface area (Å²) in [5, 5.41) is 12.5. The maximum absolute atomic E-state index is 14.5. The standard InChI is InChI=1S/C22H26FN5O2S/c1-13-8-18-19(9-14(13)2)31-21(25-18)26-22(30)28-6-5-27(12-15(28)3)20-17(23)10-16(4-7-29)11-24-20/h8-11,15,29H,4-7,12H2,1-3H3,(H,25,26,30)/t15-/m1/s1. The molecule has 1 aromatic carbocycles. The van der Waals surface area contributed by atoms with Crippen molar-refractivity contribution in [2.24, 2.45) is 0 Å². The molecule has 3 aromatic rings. The Hall–Kier alpha value is -2.78. The summed E-state index contributed by atoms with van der Waals surface area (Å²) in [4.78, 5) is 25.3. The van der Waals surface area contributed by atoms with Crippen LogP contribution in [0.4, 0.5) is 20.1 Å². The largest absolute Gasteiger partial charge is 0.396 e. The highest BCUT2D eigenvalue weighted by Crippen LogP contribution is 2.29. The fourth-order valence-corrected chi connectivity index (χ4v) is 4.75. The van der Waals surface area contributed by atoms with Crippen LogP contribution in [0.5, 0.6) is 0 Å². The van der Waals surface area contributed by atoms with E-state index < -0.39 is 5.82 Å². The van der Waals surface area contributed by atoms with Gasteiger partial charge in [-0.15, -0.1) is 0 Å². The molecule has 1 fully saturated rings. The molecule has 0 bridgehead atoms. The molecule has 2 aromatic heterocycles. The van der Waals surface area contributed by atoms with Crippen molar-refractivity contribution in [1.29, 1.82) is 0 Å². The molecule has 2 amide bonds. The van der Waals surface area contributed by atoms with Crippen LogP contribution in [-0.2, 0) is 6.42 Å². The number of anilines is 2. The van der Waals surface area contributed by atoms with E-state index >= 15 is 0 Å². The second-order valence-corrected chi connectivity index (χ2v) is 9.00. The van der Waals surface area contributed by atoms with Gasteiger partial charge in [-0.1, -0.05) is 11.3 Å². The number of nitrogens with zero attached hydrogens (tertiary/aromatic N) is 4. The second-order valence-electron chi connectivity index (χ2n) is 7.96. The van der Waals surface area contributed by atoms with E-state index in [0.29, 0.717) is 36.8 Å². The van der Waals surface area contributed by atoms with Gasteiger partial charge in [0.2, 0.25) is 0 Å². The van der Waals surface area contributed by atoms with Crippen LogP contribution in [0.25, 0.3) is 10.2 Å². The number of aliphatic hydroxyl groups excluding tert-OH is 1. The van der Waals surface area contributed by atoms with Gasteiger partial charge in [-0.25, -0.2) is 19.2 Å². The lowest BCUT2D eigenvalue weighted by Crippen LogP contribution is -2.55. The lowest BCUT2D eigenvalue weighted by Gasteiger charge is -2.40. The van der Waals surface area contributed by atoms with Crippen molar-refractivity contribution in [3.8, 4) is 0 Å². The van der Waals surface area contributed by atoms with Crippen LogP contribution in [0.2, 0.25) is 0 Å². The average Bonchev–Trinajstić information content (AvgIpc) is 3.09. The van der Waals surface area contributed by atoms with Gasteiger partial charge in [0.15, 0.2) is 16.8 Å². The highest BCUT2D eigenvalue weighted by Gasteiger charge is 2.29. The van der Waals surface area contributed by atoms with Crippen molar-refractivity contribution >= 4 is 38.5 Å². The maximum Gasteiger partial charge on any atom is 0.324 e.